The summed E-state index contributed by atoms with van der Waals surface area (Å²) in [5, 5.41) is 28.2. The van der Waals surface area contributed by atoms with E-state index in [9.17, 15) is 15.0 Å². The second-order valence-electron chi connectivity index (χ2n) is 7.79. The van der Waals surface area contributed by atoms with Gasteiger partial charge >= 0.3 is 0 Å². The van der Waals surface area contributed by atoms with Crippen LogP contribution >= 0.6 is 11.6 Å². The van der Waals surface area contributed by atoms with Crippen LogP contribution in [-0.2, 0) is 4.79 Å². The number of hydrogen-bond acceptors (Lipinski definition) is 8. The summed E-state index contributed by atoms with van der Waals surface area (Å²) in [6, 6.07) is -0.305. The Morgan fingerprint density at radius 3 is 2.97 bits per heavy atom. The first-order valence-corrected chi connectivity index (χ1v) is 10.2. The van der Waals surface area contributed by atoms with Crippen molar-refractivity contribution in [2.24, 2.45) is 21.0 Å². The Balaban J connectivity index is 1.46. The van der Waals surface area contributed by atoms with Gasteiger partial charge < -0.3 is 15.1 Å². The fourth-order valence-corrected chi connectivity index (χ4v) is 4.36. The molecule has 0 aromatic rings. The van der Waals surface area contributed by atoms with Crippen molar-refractivity contribution in [3.8, 4) is 0 Å². The molecule has 2 heterocycles. The molecule has 0 radical (unpaired) electrons. The monoisotopic (exact) mass is 420 g/mol. The van der Waals surface area contributed by atoms with Gasteiger partial charge in [0.15, 0.2) is 0 Å². The summed E-state index contributed by atoms with van der Waals surface area (Å²) in [5.74, 6) is -0.152. The largest absolute Gasteiger partial charge is 0.390 e. The van der Waals surface area contributed by atoms with Crippen molar-refractivity contribution in [1.82, 2.24) is 15.6 Å². The van der Waals surface area contributed by atoms with Gasteiger partial charge in [0.25, 0.3) is 5.91 Å². The van der Waals surface area contributed by atoms with Gasteiger partial charge in [-0.2, -0.15) is 5.10 Å². The number of hydrogen-bond donors (Lipinski definition) is 4. The van der Waals surface area contributed by atoms with Crippen LogP contribution in [0.4, 0.5) is 0 Å². The highest BCUT2D eigenvalue weighted by Gasteiger charge is 2.44. The summed E-state index contributed by atoms with van der Waals surface area (Å²) in [6.45, 7) is 0.433. The Hall–Kier alpha value is -2.07. The molecule has 4 aliphatic rings. The minimum absolute atomic E-state index is 0.223. The lowest BCUT2D eigenvalue weighted by atomic mass is 9.96. The second-order valence-corrected chi connectivity index (χ2v) is 8.27. The van der Waals surface area contributed by atoms with Gasteiger partial charge in [0.1, 0.15) is 30.0 Å². The number of amidine groups is 1. The molecule has 1 fully saturated rings. The van der Waals surface area contributed by atoms with E-state index in [-0.39, 0.29) is 11.9 Å². The Morgan fingerprint density at radius 2 is 2.24 bits per heavy atom. The number of carbonyl (C=O) groups excluding carboxylic acids is 1. The van der Waals surface area contributed by atoms with Crippen LogP contribution in [0.2, 0.25) is 0 Å². The number of nitrogens with one attached hydrogen (secondary N) is 2. The van der Waals surface area contributed by atoms with E-state index in [0.717, 1.165) is 23.4 Å². The summed E-state index contributed by atoms with van der Waals surface area (Å²) < 4.78 is 0. The normalized spacial score (nSPS) is 33.3. The molecule has 0 spiro atoms. The molecule has 156 valence electrons. The van der Waals surface area contributed by atoms with E-state index < -0.39 is 24.3 Å². The minimum atomic E-state index is -0.865. The quantitative estimate of drug-likeness (QED) is 0.502. The van der Waals surface area contributed by atoms with Crippen LogP contribution < -0.4 is 10.7 Å². The van der Waals surface area contributed by atoms with E-state index in [1.165, 1.54) is 6.34 Å². The average molecular weight is 421 g/mol. The molecule has 0 aromatic heterocycles. The number of allylic oxidation sites excluding steroid dienone is 2. The molecule has 9 nitrogen and oxygen atoms in total. The zero-order chi connectivity index (χ0) is 20.5. The van der Waals surface area contributed by atoms with Gasteiger partial charge in [-0.25, -0.2) is 4.99 Å². The molecule has 2 aliphatic carbocycles. The predicted octanol–water partition coefficient (Wildman–Crippen LogP) is 0.103. The molecule has 1 amide bonds. The third-order valence-electron chi connectivity index (χ3n) is 5.70. The van der Waals surface area contributed by atoms with Crippen LogP contribution in [0, 0.1) is 5.92 Å². The maximum absolute atomic E-state index is 13.1. The summed E-state index contributed by atoms with van der Waals surface area (Å²) in [4.78, 5) is 23.3. The molecule has 4 rings (SSSR count). The topological polar surface area (TPSA) is 122 Å². The van der Waals surface area contributed by atoms with E-state index in [2.05, 4.69) is 31.9 Å². The Labute approximate surface area is 173 Å². The zero-order valence-electron chi connectivity index (χ0n) is 16.1. The lowest BCUT2D eigenvalue weighted by Crippen LogP contribution is -2.53. The fourth-order valence-electron chi connectivity index (χ4n) is 4.11. The van der Waals surface area contributed by atoms with Crippen molar-refractivity contribution < 1.29 is 15.0 Å². The van der Waals surface area contributed by atoms with Gasteiger partial charge in [-0.05, 0) is 37.3 Å². The molecule has 0 aromatic carbocycles. The van der Waals surface area contributed by atoms with Crippen molar-refractivity contribution in [3.05, 3.63) is 22.8 Å². The number of carbonyl (C=O) groups is 1. The highest BCUT2D eigenvalue weighted by atomic mass is 35.5. The third kappa shape index (κ3) is 4.13. The number of nitrogens with zero attached hydrogens (tertiary/aromatic N) is 4. The number of amides is 1. The van der Waals surface area contributed by atoms with Gasteiger partial charge in [0.05, 0.1) is 12.2 Å². The Morgan fingerprint density at radius 1 is 1.41 bits per heavy atom. The van der Waals surface area contributed by atoms with Crippen molar-refractivity contribution in [1.29, 1.82) is 0 Å². The predicted molar refractivity (Wildman–Crippen MR) is 111 cm³/mol. The van der Waals surface area contributed by atoms with Crippen LogP contribution in [0.15, 0.2) is 37.8 Å². The zero-order valence-corrected chi connectivity index (χ0v) is 16.9. The highest BCUT2D eigenvalue weighted by Crippen LogP contribution is 2.25. The molecule has 0 bridgehead atoms. The SMILES string of the molecule is CN(CC1=CCCC(Cl)=C1)C(=O)C1=NNC2=NC=NC(N[C@@H]3CC[C@@H](O)[C@H]3O)C21. The van der Waals surface area contributed by atoms with Gasteiger partial charge in [0.2, 0.25) is 0 Å². The van der Waals surface area contributed by atoms with Gasteiger partial charge in [-0.3, -0.25) is 20.5 Å². The molecule has 2 aliphatic heterocycles. The van der Waals surface area contributed by atoms with E-state index >= 15 is 0 Å². The highest BCUT2D eigenvalue weighted by molar-refractivity contribution is 6.45. The maximum Gasteiger partial charge on any atom is 0.271 e. The lowest BCUT2D eigenvalue weighted by Gasteiger charge is -2.29. The molecular formula is C19H25ClN6O3. The number of aliphatic hydroxyl groups is 2. The smallest absolute Gasteiger partial charge is 0.271 e. The molecule has 5 atom stereocenters. The third-order valence-corrected chi connectivity index (χ3v) is 6.00. The van der Waals surface area contributed by atoms with Crippen LogP contribution in [0.5, 0.6) is 0 Å². The summed E-state index contributed by atoms with van der Waals surface area (Å²) in [7, 11) is 1.72. The number of aliphatic hydroxyl groups excluding tert-OH is 2. The standard InChI is InChI=1S/C19H25ClN6O3/c1-26(8-10-3-2-4-11(20)7-10)19(29)15-14-17(21-9-22-18(14)25-24-15)23-12-5-6-13(27)16(12)28/h3,7,9,12-14,16-17,23,27-28H,2,4-6,8H2,1H3,(H,21,22,25)/t12-,13-,14?,16+,17?/m1/s1. The second kappa shape index (κ2) is 8.35. The number of likely N-dealkylation sites (N-methyl/N-ethyl adjacent to an activating group) is 1. The molecule has 0 saturated heterocycles. The Bertz CT molecular complexity index is 836. The van der Waals surface area contributed by atoms with Crippen molar-refractivity contribution in [2.75, 3.05) is 13.6 Å². The van der Waals surface area contributed by atoms with E-state index in [4.69, 9.17) is 11.6 Å². The minimum Gasteiger partial charge on any atom is -0.390 e. The number of halogens is 1. The molecule has 2 unspecified atom stereocenters. The average Bonchev–Trinajstić information content (AvgIpc) is 3.27. The Kier molecular flexibility index (Phi) is 5.82. The summed E-state index contributed by atoms with van der Waals surface area (Å²) >= 11 is 6.12. The van der Waals surface area contributed by atoms with Gasteiger partial charge in [-0.1, -0.05) is 17.7 Å². The molecule has 1 saturated carbocycles. The van der Waals surface area contributed by atoms with Gasteiger partial charge in [0, 0.05) is 24.7 Å². The van der Waals surface area contributed by atoms with Crippen molar-refractivity contribution in [2.45, 2.75) is 50.1 Å². The first kappa shape index (κ1) is 20.2. The number of fused-ring (bicyclic) bond motifs is 1. The summed E-state index contributed by atoms with van der Waals surface area (Å²) in [6.07, 6.45) is 6.13. The van der Waals surface area contributed by atoms with Crippen molar-refractivity contribution in [3.63, 3.8) is 0 Å². The molecule has 10 heteroatoms. The number of hydrazone groups is 1. The van der Waals surface area contributed by atoms with E-state index in [1.807, 2.05) is 6.08 Å². The molecular weight excluding hydrogens is 396 g/mol. The number of rotatable bonds is 5. The van der Waals surface area contributed by atoms with Crippen LogP contribution in [0.25, 0.3) is 0 Å². The van der Waals surface area contributed by atoms with Crippen LogP contribution in [0.3, 0.4) is 0 Å². The first-order chi connectivity index (χ1) is 13.9. The van der Waals surface area contributed by atoms with Gasteiger partial charge in [-0.15, -0.1) is 0 Å². The molecule has 29 heavy (non-hydrogen) atoms. The maximum atomic E-state index is 13.1. The lowest BCUT2D eigenvalue weighted by molar-refractivity contribution is -0.122. The summed E-state index contributed by atoms with van der Waals surface area (Å²) in [5.41, 5.74) is 4.15. The van der Waals surface area contributed by atoms with Crippen LogP contribution in [0.1, 0.15) is 25.7 Å². The van der Waals surface area contributed by atoms with Crippen LogP contribution in [-0.4, -0.2) is 76.9 Å². The number of aliphatic imine (C=N–C) groups is 2. The van der Waals surface area contributed by atoms with E-state index in [0.29, 0.717) is 30.9 Å². The van der Waals surface area contributed by atoms with E-state index in [1.54, 1.807) is 11.9 Å². The first-order valence-electron chi connectivity index (χ1n) is 9.79. The van der Waals surface area contributed by atoms with Crippen molar-refractivity contribution >= 4 is 35.4 Å². The fraction of sp³-hybridized carbons (Fsp3) is 0.579. The molecule has 4 N–H and O–H groups in total.